The van der Waals surface area contributed by atoms with Gasteiger partial charge in [-0.15, -0.1) is 0 Å². The molecule has 1 aliphatic heterocycles. The van der Waals surface area contributed by atoms with Crippen LogP contribution >= 0.6 is 0 Å². The average Bonchev–Trinajstić information content (AvgIpc) is 2.80. The van der Waals surface area contributed by atoms with Gasteiger partial charge in [0.15, 0.2) is 0 Å². The largest absolute Gasteiger partial charge is 0.506 e. The molecule has 4 rings (SSSR count). The number of carboxylic acids is 1. The van der Waals surface area contributed by atoms with Crippen LogP contribution in [0, 0.1) is 0 Å². The van der Waals surface area contributed by atoms with E-state index in [9.17, 15) is 14.7 Å². The molecule has 1 atom stereocenters. The normalized spacial score (nSPS) is 14.7. The molecule has 170 valence electrons. The first-order valence-corrected chi connectivity index (χ1v) is 10.4. The first-order valence-electron chi connectivity index (χ1n) is 10.4. The quantitative estimate of drug-likeness (QED) is 0.475. The molecule has 0 aromatic heterocycles. The van der Waals surface area contributed by atoms with E-state index in [-0.39, 0.29) is 24.0 Å². The summed E-state index contributed by atoms with van der Waals surface area (Å²) < 4.78 is 11.9. The number of rotatable bonds is 7. The summed E-state index contributed by atoms with van der Waals surface area (Å²) in [7, 11) is 2.01. The molecule has 3 aromatic rings. The van der Waals surface area contributed by atoms with Crippen LogP contribution in [-0.4, -0.2) is 48.4 Å². The number of fused-ring (bicyclic) bond motifs is 1. The highest BCUT2D eigenvalue weighted by Gasteiger charge is 2.23. The summed E-state index contributed by atoms with van der Waals surface area (Å²) in [6, 6.07) is 18.8. The van der Waals surface area contributed by atoms with Gasteiger partial charge in [-0.3, -0.25) is 9.59 Å². The number of carbonyl (C=O) groups excluding carboxylic acids is 1. The smallest absolute Gasteiger partial charge is 0.307 e. The molecule has 8 nitrogen and oxygen atoms in total. The molecule has 0 aliphatic carbocycles. The van der Waals surface area contributed by atoms with E-state index in [1.54, 1.807) is 24.3 Å². The Morgan fingerprint density at radius 2 is 1.88 bits per heavy atom. The van der Waals surface area contributed by atoms with Gasteiger partial charge in [-0.05, 0) is 54.1 Å². The van der Waals surface area contributed by atoms with Gasteiger partial charge in [0.05, 0.1) is 24.3 Å². The standard InChI is InChI=1S/C25H24N2O6/c1-27-14-19(33-23-5-3-2-4-21(23)27)15-32-18-9-7-17(8-10-18)25(31)26-20-12-16(13-24(29)30)6-11-22(20)28/h2-12,19,28H,13-15H2,1H3,(H,26,31)(H,29,30)/t19-/m0/s1. The lowest BCUT2D eigenvalue weighted by molar-refractivity contribution is -0.136. The number of nitrogens with one attached hydrogen (secondary N) is 1. The van der Waals surface area contributed by atoms with Crippen molar-refractivity contribution < 1.29 is 29.3 Å². The third kappa shape index (κ3) is 5.35. The Labute approximate surface area is 191 Å². The Hall–Kier alpha value is -4.20. The molecule has 3 N–H and O–H groups in total. The summed E-state index contributed by atoms with van der Waals surface area (Å²) in [4.78, 5) is 25.6. The fourth-order valence-electron chi connectivity index (χ4n) is 3.63. The minimum absolute atomic E-state index is 0.131. The van der Waals surface area contributed by atoms with Gasteiger partial charge in [-0.2, -0.15) is 0 Å². The molecule has 3 aromatic carbocycles. The molecule has 0 saturated heterocycles. The van der Waals surface area contributed by atoms with Gasteiger partial charge < -0.3 is 29.9 Å². The predicted molar refractivity (Wildman–Crippen MR) is 123 cm³/mol. The maximum atomic E-state index is 12.6. The highest BCUT2D eigenvalue weighted by molar-refractivity contribution is 6.05. The topological polar surface area (TPSA) is 108 Å². The number of hydrogen-bond donors (Lipinski definition) is 3. The van der Waals surface area contributed by atoms with Crippen molar-refractivity contribution in [2.24, 2.45) is 0 Å². The van der Waals surface area contributed by atoms with E-state index in [0.29, 0.717) is 30.0 Å². The number of para-hydroxylation sites is 2. The second-order valence-electron chi connectivity index (χ2n) is 7.80. The Kier molecular flexibility index (Phi) is 6.35. The number of likely N-dealkylation sites (N-methyl/N-ethyl adjacent to an activating group) is 1. The van der Waals surface area contributed by atoms with Gasteiger partial charge in [-0.25, -0.2) is 0 Å². The van der Waals surface area contributed by atoms with Crippen molar-refractivity contribution in [2.75, 3.05) is 30.4 Å². The molecule has 0 fully saturated rings. The fourth-order valence-corrected chi connectivity index (χ4v) is 3.63. The summed E-state index contributed by atoms with van der Waals surface area (Å²) >= 11 is 0. The Bertz CT molecular complexity index is 1160. The van der Waals surface area contributed by atoms with E-state index in [2.05, 4.69) is 10.2 Å². The lowest BCUT2D eigenvalue weighted by Gasteiger charge is -2.33. The number of aromatic hydroxyl groups is 1. The number of phenols is 1. The van der Waals surface area contributed by atoms with E-state index in [0.717, 1.165) is 11.4 Å². The number of benzene rings is 3. The van der Waals surface area contributed by atoms with Crippen LogP contribution in [0.4, 0.5) is 11.4 Å². The summed E-state index contributed by atoms with van der Waals surface area (Å²) in [6.07, 6.45) is -0.338. The van der Waals surface area contributed by atoms with Crippen molar-refractivity contribution >= 4 is 23.3 Å². The van der Waals surface area contributed by atoms with Crippen molar-refractivity contribution in [2.45, 2.75) is 12.5 Å². The van der Waals surface area contributed by atoms with Gasteiger partial charge >= 0.3 is 5.97 Å². The highest BCUT2D eigenvalue weighted by Crippen LogP contribution is 2.32. The number of ether oxygens (including phenoxy) is 2. The van der Waals surface area contributed by atoms with Crippen LogP contribution in [0.5, 0.6) is 17.2 Å². The monoisotopic (exact) mass is 448 g/mol. The van der Waals surface area contributed by atoms with Crippen LogP contribution < -0.4 is 19.7 Å². The molecule has 8 heteroatoms. The average molecular weight is 448 g/mol. The van der Waals surface area contributed by atoms with Crippen LogP contribution in [0.3, 0.4) is 0 Å². The van der Waals surface area contributed by atoms with Crippen LogP contribution in [0.25, 0.3) is 0 Å². The number of carbonyl (C=O) groups is 2. The lowest BCUT2D eigenvalue weighted by Crippen LogP contribution is -2.41. The first kappa shape index (κ1) is 22.0. The molecule has 0 spiro atoms. The van der Waals surface area contributed by atoms with Crippen LogP contribution in [0.2, 0.25) is 0 Å². The summed E-state index contributed by atoms with van der Waals surface area (Å²) in [5, 5.41) is 21.5. The SMILES string of the molecule is CN1C[C@@H](COc2ccc(C(=O)Nc3cc(CC(=O)O)ccc3O)cc2)Oc2ccccc21. The van der Waals surface area contributed by atoms with E-state index >= 15 is 0 Å². The summed E-state index contributed by atoms with van der Waals surface area (Å²) in [6.45, 7) is 1.05. The Morgan fingerprint density at radius 1 is 1.12 bits per heavy atom. The zero-order valence-corrected chi connectivity index (χ0v) is 18.0. The minimum Gasteiger partial charge on any atom is -0.506 e. The zero-order valence-electron chi connectivity index (χ0n) is 18.0. The summed E-state index contributed by atoms with van der Waals surface area (Å²) in [5.41, 5.74) is 2.03. The molecule has 1 amide bonds. The van der Waals surface area contributed by atoms with Crippen molar-refractivity contribution in [3.05, 3.63) is 77.9 Å². The van der Waals surface area contributed by atoms with Gasteiger partial charge in [0.25, 0.3) is 5.91 Å². The number of phenolic OH excluding ortho intramolecular Hbond substituents is 1. The van der Waals surface area contributed by atoms with E-state index in [4.69, 9.17) is 14.6 Å². The molecule has 1 heterocycles. The molecule has 0 saturated carbocycles. The number of aliphatic carboxylic acids is 1. The zero-order chi connectivity index (χ0) is 23.4. The minimum atomic E-state index is -0.997. The van der Waals surface area contributed by atoms with Crippen LogP contribution in [0.1, 0.15) is 15.9 Å². The molecule has 1 aliphatic rings. The maximum absolute atomic E-state index is 12.6. The van der Waals surface area contributed by atoms with Gasteiger partial charge in [0.1, 0.15) is 30.0 Å². The van der Waals surface area contributed by atoms with E-state index < -0.39 is 11.9 Å². The second kappa shape index (κ2) is 9.52. The highest BCUT2D eigenvalue weighted by atomic mass is 16.5. The van der Waals surface area contributed by atoms with Crippen LogP contribution in [0.15, 0.2) is 66.7 Å². The van der Waals surface area contributed by atoms with Gasteiger partial charge in [-0.1, -0.05) is 18.2 Å². The van der Waals surface area contributed by atoms with Crippen molar-refractivity contribution in [1.82, 2.24) is 0 Å². The van der Waals surface area contributed by atoms with E-state index in [1.165, 1.54) is 18.2 Å². The molecule has 0 unspecified atom stereocenters. The number of nitrogens with zero attached hydrogens (tertiary/aromatic N) is 1. The van der Waals surface area contributed by atoms with Crippen molar-refractivity contribution in [3.63, 3.8) is 0 Å². The van der Waals surface area contributed by atoms with Crippen molar-refractivity contribution in [3.8, 4) is 17.2 Å². The Balaban J connectivity index is 1.35. The van der Waals surface area contributed by atoms with Crippen LogP contribution in [-0.2, 0) is 11.2 Å². The number of hydrogen-bond acceptors (Lipinski definition) is 6. The molecule has 33 heavy (non-hydrogen) atoms. The molecular formula is C25H24N2O6. The van der Waals surface area contributed by atoms with Crippen molar-refractivity contribution in [1.29, 1.82) is 0 Å². The maximum Gasteiger partial charge on any atom is 0.307 e. The molecule has 0 radical (unpaired) electrons. The van der Waals surface area contributed by atoms with Gasteiger partial charge in [0.2, 0.25) is 0 Å². The number of carboxylic acid groups (broad SMARTS) is 1. The number of amides is 1. The Morgan fingerprint density at radius 3 is 2.64 bits per heavy atom. The third-order valence-corrected chi connectivity index (χ3v) is 5.26. The first-order chi connectivity index (χ1) is 15.9. The second-order valence-corrected chi connectivity index (χ2v) is 7.80. The lowest BCUT2D eigenvalue weighted by atomic mass is 10.1. The third-order valence-electron chi connectivity index (χ3n) is 5.26. The summed E-state index contributed by atoms with van der Waals surface area (Å²) in [5.74, 6) is -0.150. The number of anilines is 2. The predicted octanol–water partition coefficient (Wildman–Crippen LogP) is 3.55. The fraction of sp³-hybridized carbons (Fsp3) is 0.200. The van der Waals surface area contributed by atoms with Gasteiger partial charge in [0, 0.05) is 12.6 Å². The molecular weight excluding hydrogens is 424 g/mol. The molecule has 0 bridgehead atoms. The van der Waals surface area contributed by atoms with E-state index in [1.807, 2.05) is 31.3 Å².